The number of pyridine rings is 1. The molecule has 0 aliphatic carbocycles. The van der Waals surface area contributed by atoms with Gasteiger partial charge < -0.3 is 20.3 Å². The van der Waals surface area contributed by atoms with Gasteiger partial charge in [-0.2, -0.15) is 0 Å². The number of aromatic nitrogens is 1. The van der Waals surface area contributed by atoms with Gasteiger partial charge in [-0.25, -0.2) is 0 Å². The van der Waals surface area contributed by atoms with Gasteiger partial charge in [0.2, 0.25) is 0 Å². The summed E-state index contributed by atoms with van der Waals surface area (Å²) in [6, 6.07) is 2.22. The van der Waals surface area contributed by atoms with Gasteiger partial charge in [0, 0.05) is 23.7 Å². The molecule has 8 nitrogen and oxygen atoms in total. The molecule has 0 spiro atoms. The summed E-state index contributed by atoms with van der Waals surface area (Å²) in [5, 5.41) is 22.5. The van der Waals surface area contributed by atoms with Crippen molar-refractivity contribution >= 4 is 29.5 Å². The minimum atomic E-state index is -1.51. The van der Waals surface area contributed by atoms with E-state index in [1.165, 1.54) is 36.3 Å². The van der Waals surface area contributed by atoms with Crippen LogP contribution in [-0.4, -0.2) is 56.5 Å². The van der Waals surface area contributed by atoms with Crippen molar-refractivity contribution < 1.29 is 24.6 Å². The minimum Gasteiger partial charge on any atom is -0.543 e. The van der Waals surface area contributed by atoms with Crippen LogP contribution < -0.4 is 10.4 Å². The van der Waals surface area contributed by atoms with Crippen molar-refractivity contribution in [3.05, 3.63) is 41.4 Å². The molecule has 23 heavy (non-hydrogen) atoms. The summed E-state index contributed by atoms with van der Waals surface area (Å²) in [4.78, 5) is 40.4. The van der Waals surface area contributed by atoms with Crippen molar-refractivity contribution in [2.45, 2.75) is 11.4 Å². The molecule has 0 saturated carbocycles. The molecule has 2 aliphatic rings. The van der Waals surface area contributed by atoms with Crippen molar-refractivity contribution in [1.29, 1.82) is 0 Å². The van der Waals surface area contributed by atoms with Gasteiger partial charge in [0.05, 0.1) is 18.3 Å². The van der Waals surface area contributed by atoms with Crippen LogP contribution in [0, 0.1) is 0 Å². The number of β-lactam (4-membered cyclic amide) rings is 1. The topological polar surface area (TPSA) is 123 Å². The van der Waals surface area contributed by atoms with E-state index in [9.17, 15) is 24.6 Å². The number of aliphatic hydroxyl groups excluding tert-OH is 1. The summed E-state index contributed by atoms with van der Waals surface area (Å²) in [5.41, 5.74) is 0.299. The second-order valence-electron chi connectivity index (χ2n) is 4.99. The predicted molar refractivity (Wildman–Crippen MR) is 77.7 cm³/mol. The summed E-state index contributed by atoms with van der Waals surface area (Å²) in [6.45, 7) is -0.457. The molecule has 0 unspecified atom stereocenters. The maximum absolute atomic E-state index is 12.2. The average molecular weight is 334 g/mol. The fraction of sp³-hybridized carbons (Fsp3) is 0.286. The Labute approximate surface area is 135 Å². The second kappa shape index (κ2) is 6.01. The van der Waals surface area contributed by atoms with Gasteiger partial charge in [0.15, 0.2) is 0 Å². The summed E-state index contributed by atoms with van der Waals surface area (Å²) in [5.74, 6) is -2.21. The standard InChI is InChI=1S/C14H13N3O5S/c18-5-8-6-23-13-9(12(20)17(13)10(8)14(21)22)16-11(19)7-1-3-15-4-2-7/h1-4,9,13,18H,5-6H2,(H,16,19)(H,21,22)/p-1/t9-,13-/m1/s1. The fourth-order valence-electron chi connectivity index (χ4n) is 2.52. The summed E-state index contributed by atoms with van der Waals surface area (Å²) < 4.78 is 0. The number of fused-ring (bicyclic) bond motifs is 1. The highest BCUT2D eigenvalue weighted by molar-refractivity contribution is 8.00. The number of rotatable bonds is 4. The molecule has 3 rings (SSSR count). The number of aliphatic carboxylic acids is 1. The molecular weight excluding hydrogens is 322 g/mol. The van der Waals surface area contributed by atoms with Crippen molar-refractivity contribution in [3.63, 3.8) is 0 Å². The van der Waals surface area contributed by atoms with Gasteiger partial charge in [-0.3, -0.25) is 19.5 Å². The van der Waals surface area contributed by atoms with Crippen LogP contribution in [0.4, 0.5) is 0 Å². The minimum absolute atomic E-state index is 0.235. The molecule has 3 heterocycles. The Bertz CT molecular complexity index is 706. The van der Waals surface area contributed by atoms with E-state index in [1.54, 1.807) is 0 Å². The Morgan fingerprint density at radius 1 is 1.43 bits per heavy atom. The molecule has 2 amide bonds. The molecular formula is C14H12N3O5S-. The number of carboxylic acids is 1. The first-order valence-electron chi connectivity index (χ1n) is 6.74. The van der Waals surface area contributed by atoms with E-state index in [1.807, 2.05) is 0 Å². The molecule has 9 heteroatoms. The van der Waals surface area contributed by atoms with E-state index >= 15 is 0 Å². The number of carboxylic acid groups (broad SMARTS) is 1. The SMILES string of the molecule is O=C([O-])C1=C(CO)CS[C@@H]2[C@H](NC(=O)c3ccncc3)C(=O)N12. The first-order valence-corrected chi connectivity index (χ1v) is 7.79. The smallest absolute Gasteiger partial charge is 0.253 e. The summed E-state index contributed by atoms with van der Waals surface area (Å²) in [6.07, 6.45) is 2.92. The molecule has 1 aromatic rings. The highest BCUT2D eigenvalue weighted by Gasteiger charge is 2.52. The molecule has 0 bridgehead atoms. The van der Waals surface area contributed by atoms with E-state index in [-0.39, 0.29) is 17.0 Å². The van der Waals surface area contributed by atoms with Gasteiger partial charge in [-0.1, -0.05) is 0 Å². The zero-order chi connectivity index (χ0) is 16.6. The van der Waals surface area contributed by atoms with E-state index in [4.69, 9.17) is 0 Å². The third kappa shape index (κ3) is 2.57. The van der Waals surface area contributed by atoms with Gasteiger partial charge in [0.25, 0.3) is 11.8 Å². The van der Waals surface area contributed by atoms with Crippen LogP contribution in [-0.2, 0) is 9.59 Å². The Morgan fingerprint density at radius 3 is 2.74 bits per heavy atom. The summed E-state index contributed by atoms with van der Waals surface area (Å²) >= 11 is 1.28. The van der Waals surface area contributed by atoms with Gasteiger partial charge in [-0.15, -0.1) is 11.8 Å². The Morgan fingerprint density at radius 2 is 2.13 bits per heavy atom. The van der Waals surface area contributed by atoms with Crippen LogP contribution in [0.2, 0.25) is 0 Å². The fourth-order valence-corrected chi connectivity index (χ4v) is 3.86. The quantitative estimate of drug-likeness (QED) is 0.616. The summed E-state index contributed by atoms with van der Waals surface area (Å²) in [7, 11) is 0. The molecule has 2 atom stereocenters. The van der Waals surface area contributed by atoms with Crippen LogP contribution in [0.5, 0.6) is 0 Å². The number of carbonyl (C=O) groups is 3. The van der Waals surface area contributed by atoms with Crippen LogP contribution in [0.25, 0.3) is 0 Å². The second-order valence-corrected chi connectivity index (χ2v) is 6.10. The van der Waals surface area contributed by atoms with E-state index < -0.39 is 35.8 Å². The van der Waals surface area contributed by atoms with Crippen LogP contribution in [0.15, 0.2) is 35.8 Å². The molecule has 1 aromatic heterocycles. The van der Waals surface area contributed by atoms with Crippen molar-refractivity contribution in [1.82, 2.24) is 15.2 Å². The molecule has 0 aromatic carbocycles. The molecule has 0 radical (unpaired) electrons. The highest BCUT2D eigenvalue weighted by Crippen LogP contribution is 2.39. The highest BCUT2D eigenvalue weighted by atomic mass is 32.2. The van der Waals surface area contributed by atoms with E-state index in [0.717, 1.165) is 4.90 Å². The lowest BCUT2D eigenvalue weighted by atomic mass is 10.0. The monoisotopic (exact) mass is 334 g/mol. The number of carbonyl (C=O) groups excluding carboxylic acids is 3. The third-order valence-corrected chi connectivity index (χ3v) is 5.00. The van der Waals surface area contributed by atoms with Crippen molar-refractivity contribution in [3.8, 4) is 0 Å². The number of amides is 2. The lowest BCUT2D eigenvalue weighted by Crippen LogP contribution is -2.71. The van der Waals surface area contributed by atoms with Crippen molar-refractivity contribution in [2.75, 3.05) is 12.4 Å². The Balaban J connectivity index is 1.77. The normalized spacial score (nSPS) is 23.2. The lowest BCUT2D eigenvalue weighted by molar-refractivity contribution is -0.301. The van der Waals surface area contributed by atoms with Crippen LogP contribution in [0.3, 0.4) is 0 Å². The number of hydrogen-bond acceptors (Lipinski definition) is 7. The first-order chi connectivity index (χ1) is 11.0. The third-order valence-electron chi connectivity index (χ3n) is 3.66. The average Bonchev–Trinajstić information content (AvgIpc) is 2.58. The zero-order valence-corrected chi connectivity index (χ0v) is 12.6. The van der Waals surface area contributed by atoms with E-state index in [2.05, 4.69) is 10.3 Å². The Hall–Kier alpha value is -2.39. The molecule has 2 aliphatic heterocycles. The maximum atomic E-state index is 12.2. The number of nitrogens with zero attached hydrogens (tertiary/aromatic N) is 2. The van der Waals surface area contributed by atoms with Crippen LogP contribution in [0.1, 0.15) is 10.4 Å². The first kappa shape index (κ1) is 15.5. The van der Waals surface area contributed by atoms with Crippen LogP contribution >= 0.6 is 11.8 Å². The molecule has 120 valence electrons. The lowest BCUT2D eigenvalue weighted by Gasteiger charge is -2.50. The number of nitrogens with one attached hydrogen (secondary N) is 1. The zero-order valence-electron chi connectivity index (χ0n) is 11.8. The number of aliphatic hydroxyl groups is 1. The molecule has 1 saturated heterocycles. The Kier molecular flexibility index (Phi) is 4.05. The number of hydrogen-bond donors (Lipinski definition) is 2. The van der Waals surface area contributed by atoms with Gasteiger partial charge >= 0.3 is 0 Å². The van der Waals surface area contributed by atoms with Gasteiger partial charge in [-0.05, 0) is 17.7 Å². The number of thioether (sulfide) groups is 1. The maximum Gasteiger partial charge on any atom is 0.253 e. The van der Waals surface area contributed by atoms with Gasteiger partial charge in [0.1, 0.15) is 11.4 Å². The predicted octanol–water partition coefficient (Wildman–Crippen LogP) is -1.91. The van der Waals surface area contributed by atoms with E-state index in [0.29, 0.717) is 5.56 Å². The molecule has 2 N–H and O–H groups in total. The largest absolute Gasteiger partial charge is 0.543 e. The van der Waals surface area contributed by atoms with Crippen molar-refractivity contribution in [2.24, 2.45) is 0 Å². The molecule has 1 fully saturated rings.